The molecule has 0 unspecified atom stereocenters. The molecule has 1 aromatic carbocycles. The first kappa shape index (κ1) is 23.5. The van der Waals surface area contributed by atoms with Crippen LogP contribution in [0, 0.1) is 5.92 Å². The highest BCUT2D eigenvalue weighted by Gasteiger charge is 2.27. The zero-order valence-corrected chi connectivity index (χ0v) is 20.7. The molecule has 184 valence electrons. The summed E-state index contributed by atoms with van der Waals surface area (Å²) < 4.78 is 10.9. The predicted molar refractivity (Wildman–Crippen MR) is 139 cm³/mol. The Bertz CT molecular complexity index is 1270. The van der Waals surface area contributed by atoms with Crippen molar-refractivity contribution in [3.63, 3.8) is 0 Å². The molecule has 1 atom stereocenters. The van der Waals surface area contributed by atoms with Crippen molar-refractivity contribution in [1.82, 2.24) is 20.2 Å². The van der Waals surface area contributed by atoms with Crippen LogP contribution >= 0.6 is 11.6 Å². The zero-order valence-electron chi connectivity index (χ0n) is 20.0. The molecule has 0 aliphatic carbocycles. The van der Waals surface area contributed by atoms with Crippen LogP contribution in [-0.4, -0.2) is 61.2 Å². The van der Waals surface area contributed by atoms with Crippen molar-refractivity contribution in [1.29, 1.82) is 0 Å². The summed E-state index contributed by atoms with van der Waals surface area (Å²) >= 11 is 6.26. The number of aromatic amines is 1. The number of nitrogens with zero attached hydrogens (tertiary/aromatic N) is 2. The van der Waals surface area contributed by atoms with Gasteiger partial charge in [-0.1, -0.05) is 17.7 Å². The van der Waals surface area contributed by atoms with E-state index in [9.17, 15) is 4.79 Å². The number of nitrogens with one attached hydrogen (secondary N) is 3. The molecule has 2 aliphatic rings. The fourth-order valence-electron chi connectivity index (χ4n) is 4.85. The van der Waals surface area contributed by atoms with E-state index < -0.39 is 0 Å². The monoisotopic (exact) mass is 495 g/mol. The standard InChI is InChI=1S/C26H30ClN5O3/c1-34-23-14-22(24(35-2)13-19(23)27)30-20-5-9-29-25-18(20)12-21(31-25)16-6-10-32(11-7-16)26(33)17-4-3-8-28-15-17/h5-6,9,12-14,17,28H,3-4,7-8,10-11,15H2,1-2H3,(H2,29,30,31)/t17-/m0/s1. The molecule has 4 heterocycles. The number of methoxy groups -OCH3 is 2. The summed E-state index contributed by atoms with van der Waals surface area (Å²) in [6, 6.07) is 7.58. The maximum atomic E-state index is 12.9. The number of aromatic nitrogens is 2. The predicted octanol–water partition coefficient (Wildman–Crippen LogP) is 4.59. The molecular weight excluding hydrogens is 466 g/mol. The second-order valence-corrected chi connectivity index (χ2v) is 9.33. The third-order valence-corrected chi connectivity index (χ3v) is 7.08. The summed E-state index contributed by atoms with van der Waals surface area (Å²) in [4.78, 5) is 22.8. The van der Waals surface area contributed by atoms with Crippen LogP contribution in [0.5, 0.6) is 11.5 Å². The van der Waals surface area contributed by atoms with E-state index in [4.69, 9.17) is 21.1 Å². The lowest BCUT2D eigenvalue weighted by Gasteiger charge is -2.31. The number of carbonyl (C=O) groups is 1. The van der Waals surface area contributed by atoms with Crippen molar-refractivity contribution in [3.05, 3.63) is 47.3 Å². The van der Waals surface area contributed by atoms with Gasteiger partial charge in [0.15, 0.2) is 0 Å². The molecule has 1 saturated heterocycles. The smallest absolute Gasteiger partial charge is 0.227 e. The topological polar surface area (TPSA) is 91.5 Å². The molecule has 0 spiro atoms. The van der Waals surface area contributed by atoms with Gasteiger partial charge in [0, 0.05) is 49.0 Å². The maximum Gasteiger partial charge on any atom is 0.227 e. The number of hydrogen-bond acceptors (Lipinski definition) is 6. The Morgan fingerprint density at radius 3 is 2.77 bits per heavy atom. The van der Waals surface area contributed by atoms with Crippen LogP contribution < -0.4 is 20.1 Å². The van der Waals surface area contributed by atoms with Crippen molar-refractivity contribution in [3.8, 4) is 11.5 Å². The van der Waals surface area contributed by atoms with Crippen LogP contribution in [0.2, 0.25) is 5.02 Å². The van der Waals surface area contributed by atoms with Gasteiger partial charge in [-0.25, -0.2) is 4.98 Å². The molecule has 5 rings (SSSR count). The van der Waals surface area contributed by atoms with Crippen LogP contribution in [0.3, 0.4) is 0 Å². The van der Waals surface area contributed by atoms with Crippen LogP contribution in [0.15, 0.2) is 36.5 Å². The molecule has 35 heavy (non-hydrogen) atoms. The second-order valence-electron chi connectivity index (χ2n) is 8.92. The Kier molecular flexibility index (Phi) is 6.83. The molecule has 3 N–H and O–H groups in total. The molecule has 1 amide bonds. The molecule has 1 fully saturated rings. The summed E-state index contributed by atoms with van der Waals surface area (Å²) in [5.74, 6) is 1.55. The molecule has 0 bridgehead atoms. The van der Waals surface area contributed by atoms with Crippen molar-refractivity contribution < 1.29 is 14.3 Å². The van der Waals surface area contributed by atoms with Gasteiger partial charge in [-0.05, 0) is 43.5 Å². The van der Waals surface area contributed by atoms with Gasteiger partial charge in [-0.2, -0.15) is 0 Å². The minimum absolute atomic E-state index is 0.105. The van der Waals surface area contributed by atoms with Gasteiger partial charge >= 0.3 is 0 Å². The second kappa shape index (κ2) is 10.2. The maximum absolute atomic E-state index is 12.9. The van der Waals surface area contributed by atoms with E-state index in [-0.39, 0.29) is 11.8 Å². The van der Waals surface area contributed by atoms with Crippen LogP contribution in [0.4, 0.5) is 11.4 Å². The Balaban J connectivity index is 1.37. The van der Waals surface area contributed by atoms with Crippen molar-refractivity contribution >= 4 is 45.5 Å². The Morgan fingerprint density at radius 2 is 2.06 bits per heavy atom. The van der Waals surface area contributed by atoms with Crippen LogP contribution in [0.1, 0.15) is 25.0 Å². The summed E-state index contributed by atoms with van der Waals surface area (Å²) in [5.41, 5.74) is 4.64. The molecule has 2 aliphatic heterocycles. The lowest BCUT2D eigenvalue weighted by atomic mass is 9.96. The molecule has 0 radical (unpaired) electrons. The highest BCUT2D eigenvalue weighted by molar-refractivity contribution is 6.32. The fraction of sp³-hybridized carbons (Fsp3) is 0.385. The summed E-state index contributed by atoms with van der Waals surface area (Å²) in [5, 5.41) is 8.23. The van der Waals surface area contributed by atoms with E-state index in [2.05, 4.69) is 32.7 Å². The Morgan fingerprint density at radius 1 is 1.20 bits per heavy atom. The van der Waals surface area contributed by atoms with Crippen LogP contribution in [0.25, 0.3) is 16.6 Å². The number of anilines is 2. The van der Waals surface area contributed by atoms with E-state index in [1.807, 2.05) is 17.0 Å². The van der Waals surface area contributed by atoms with Gasteiger partial charge in [0.1, 0.15) is 17.1 Å². The van der Waals surface area contributed by atoms with Gasteiger partial charge in [0.2, 0.25) is 5.91 Å². The number of halogens is 1. The molecule has 2 aromatic heterocycles. The first-order valence-electron chi connectivity index (χ1n) is 11.9. The van der Waals surface area contributed by atoms with Gasteiger partial charge in [-0.3, -0.25) is 4.79 Å². The number of ether oxygens (including phenoxy) is 2. The first-order valence-corrected chi connectivity index (χ1v) is 12.3. The number of carbonyl (C=O) groups excluding carboxylic acids is 1. The summed E-state index contributed by atoms with van der Waals surface area (Å²) in [6.07, 6.45) is 6.77. The molecule has 3 aromatic rings. The number of piperidine rings is 1. The largest absolute Gasteiger partial charge is 0.495 e. The molecule has 0 saturated carbocycles. The van der Waals surface area contributed by atoms with Gasteiger partial charge in [0.25, 0.3) is 0 Å². The van der Waals surface area contributed by atoms with E-state index >= 15 is 0 Å². The number of rotatable bonds is 6. The highest BCUT2D eigenvalue weighted by atomic mass is 35.5. The van der Waals surface area contributed by atoms with E-state index in [1.165, 1.54) is 5.57 Å². The minimum Gasteiger partial charge on any atom is -0.495 e. The third-order valence-electron chi connectivity index (χ3n) is 6.79. The lowest BCUT2D eigenvalue weighted by Crippen LogP contribution is -2.44. The van der Waals surface area contributed by atoms with E-state index in [0.29, 0.717) is 23.1 Å². The number of pyridine rings is 1. The average molecular weight is 496 g/mol. The molecular formula is C26H30ClN5O3. The zero-order chi connectivity index (χ0) is 24.4. The van der Waals surface area contributed by atoms with E-state index in [0.717, 1.165) is 67.0 Å². The van der Waals surface area contributed by atoms with Crippen LogP contribution in [-0.2, 0) is 4.79 Å². The molecule has 9 heteroatoms. The number of benzene rings is 1. The van der Waals surface area contributed by atoms with Crippen molar-refractivity contribution in [2.45, 2.75) is 19.3 Å². The van der Waals surface area contributed by atoms with Crippen molar-refractivity contribution in [2.24, 2.45) is 5.92 Å². The number of H-pyrrole nitrogens is 1. The third kappa shape index (κ3) is 4.81. The number of hydrogen-bond donors (Lipinski definition) is 3. The highest BCUT2D eigenvalue weighted by Crippen LogP contribution is 2.39. The summed E-state index contributed by atoms with van der Waals surface area (Å²) in [7, 11) is 3.19. The first-order chi connectivity index (χ1) is 17.1. The fourth-order valence-corrected chi connectivity index (χ4v) is 5.08. The van der Waals surface area contributed by atoms with Gasteiger partial charge in [-0.15, -0.1) is 0 Å². The Hall–Kier alpha value is -3.23. The van der Waals surface area contributed by atoms with Gasteiger partial charge in [0.05, 0.1) is 36.5 Å². The summed E-state index contributed by atoms with van der Waals surface area (Å²) in [6.45, 7) is 3.17. The quantitative estimate of drug-likeness (QED) is 0.463. The minimum atomic E-state index is 0.105. The van der Waals surface area contributed by atoms with Crippen molar-refractivity contribution in [2.75, 3.05) is 45.7 Å². The normalized spacial score (nSPS) is 18.3. The Labute approximate surface area is 209 Å². The lowest BCUT2D eigenvalue weighted by molar-refractivity contribution is -0.135. The molecule has 8 nitrogen and oxygen atoms in total. The number of fused-ring (bicyclic) bond motifs is 1. The SMILES string of the molecule is COc1cc(Nc2ccnc3[nH]c(C4=CCN(C(=O)[C@H]5CCCNC5)CC4)cc23)c(OC)cc1Cl. The average Bonchev–Trinajstić information content (AvgIpc) is 3.35. The number of amides is 1. The van der Waals surface area contributed by atoms with Gasteiger partial charge < -0.3 is 30.0 Å². The van der Waals surface area contributed by atoms with E-state index in [1.54, 1.807) is 26.5 Å².